The van der Waals surface area contributed by atoms with E-state index in [4.69, 9.17) is 0 Å². The molecule has 2 N–H and O–H groups in total. The van der Waals surface area contributed by atoms with E-state index < -0.39 is 0 Å². The molecule has 1 aliphatic heterocycles. The number of amides is 2. The van der Waals surface area contributed by atoms with E-state index in [1.165, 1.54) is 0 Å². The van der Waals surface area contributed by atoms with E-state index in [1.807, 2.05) is 54.3 Å². The minimum Gasteiger partial charge on any atom is -0.354 e. The van der Waals surface area contributed by atoms with Gasteiger partial charge in [-0.05, 0) is 29.8 Å². The Balaban J connectivity index is 1.70. The molecule has 0 saturated carbocycles. The van der Waals surface area contributed by atoms with Crippen molar-refractivity contribution < 1.29 is 9.59 Å². The second-order valence-electron chi connectivity index (χ2n) is 5.55. The first-order chi connectivity index (χ1) is 10.6. The quantitative estimate of drug-likeness (QED) is 0.904. The van der Waals surface area contributed by atoms with Gasteiger partial charge in [-0.15, -0.1) is 0 Å². The fourth-order valence-electron chi connectivity index (χ4n) is 2.67. The summed E-state index contributed by atoms with van der Waals surface area (Å²) in [5, 5.41) is 7.93. The van der Waals surface area contributed by atoms with Crippen LogP contribution >= 0.6 is 0 Å². The average molecular weight is 297 g/mol. The van der Waals surface area contributed by atoms with Crippen LogP contribution in [0.5, 0.6) is 0 Å². The summed E-state index contributed by atoms with van der Waals surface area (Å²) in [7, 11) is 0. The number of carbonyl (C=O) groups excluding carboxylic acids is 2. The van der Waals surface area contributed by atoms with Crippen LogP contribution in [0.1, 0.15) is 6.92 Å². The number of hydrogen-bond acceptors (Lipinski definition) is 3. The van der Waals surface area contributed by atoms with Crippen LogP contribution in [-0.4, -0.2) is 42.4 Å². The summed E-state index contributed by atoms with van der Waals surface area (Å²) in [6.07, 6.45) is 0. The maximum absolute atomic E-state index is 12.4. The van der Waals surface area contributed by atoms with Gasteiger partial charge in [-0.25, -0.2) is 0 Å². The summed E-state index contributed by atoms with van der Waals surface area (Å²) in [5.74, 6) is -0.124. The number of nitrogens with zero attached hydrogens (tertiary/aromatic N) is 1. The third-order valence-corrected chi connectivity index (χ3v) is 4.01. The third-order valence-electron chi connectivity index (χ3n) is 4.01. The molecule has 0 unspecified atom stereocenters. The lowest BCUT2D eigenvalue weighted by molar-refractivity contribution is -0.127. The number of piperazine rings is 1. The molecule has 2 aromatic rings. The molecule has 1 aliphatic rings. The largest absolute Gasteiger partial charge is 0.354 e. The average Bonchev–Trinajstić information content (AvgIpc) is 2.54. The highest BCUT2D eigenvalue weighted by Crippen LogP contribution is 2.19. The van der Waals surface area contributed by atoms with Crippen molar-refractivity contribution in [1.82, 2.24) is 10.2 Å². The van der Waals surface area contributed by atoms with Gasteiger partial charge in [0, 0.05) is 18.8 Å². The maximum atomic E-state index is 12.4. The van der Waals surface area contributed by atoms with Crippen molar-refractivity contribution in [2.45, 2.75) is 13.0 Å². The van der Waals surface area contributed by atoms with Crippen molar-refractivity contribution in [1.29, 1.82) is 0 Å². The molecule has 2 amide bonds. The fourth-order valence-corrected chi connectivity index (χ4v) is 2.67. The zero-order valence-corrected chi connectivity index (χ0v) is 12.5. The molecule has 5 heteroatoms. The molecule has 0 aromatic heterocycles. The van der Waals surface area contributed by atoms with Crippen molar-refractivity contribution in [3.63, 3.8) is 0 Å². The summed E-state index contributed by atoms with van der Waals surface area (Å²) in [4.78, 5) is 25.7. The van der Waals surface area contributed by atoms with Crippen LogP contribution in [0.15, 0.2) is 42.5 Å². The van der Waals surface area contributed by atoms with Crippen molar-refractivity contribution >= 4 is 28.3 Å². The van der Waals surface area contributed by atoms with E-state index in [0.717, 1.165) is 16.5 Å². The van der Waals surface area contributed by atoms with Crippen LogP contribution in [0.25, 0.3) is 10.8 Å². The molecule has 22 heavy (non-hydrogen) atoms. The van der Waals surface area contributed by atoms with E-state index >= 15 is 0 Å². The molecule has 114 valence electrons. The van der Waals surface area contributed by atoms with E-state index in [1.54, 1.807) is 0 Å². The van der Waals surface area contributed by atoms with Gasteiger partial charge in [0.1, 0.15) is 0 Å². The molecule has 1 heterocycles. The molecule has 0 aliphatic carbocycles. The Kier molecular flexibility index (Phi) is 4.06. The Hall–Kier alpha value is -2.40. The molecule has 1 atom stereocenters. The van der Waals surface area contributed by atoms with Crippen LogP contribution in [-0.2, 0) is 9.59 Å². The first kappa shape index (κ1) is 14.5. The Morgan fingerprint density at radius 2 is 2.00 bits per heavy atom. The molecule has 0 radical (unpaired) electrons. The van der Waals surface area contributed by atoms with E-state index in [9.17, 15) is 9.59 Å². The highest BCUT2D eigenvalue weighted by molar-refractivity contribution is 5.97. The molecule has 1 fully saturated rings. The number of rotatable bonds is 3. The van der Waals surface area contributed by atoms with Crippen molar-refractivity contribution in [2.24, 2.45) is 0 Å². The van der Waals surface area contributed by atoms with Gasteiger partial charge in [-0.3, -0.25) is 14.5 Å². The highest BCUT2D eigenvalue weighted by atomic mass is 16.2. The number of hydrogen-bond donors (Lipinski definition) is 2. The van der Waals surface area contributed by atoms with Crippen LogP contribution in [0.4, 0.5) is 5.69 Å². The van der Waals surface area contributed by atoms with Crippen LogP contribution in [0.2, 0.25) is 0 Å². The summed E-state index contributed by atoms with van der Waals surface area (Å²) in [6.45, 7) is 3.38. The summed E-state index contributed by atoms with van der Waals surface area (Å²) < 4.78 is 0. The van der Waals surface area contributed by atoms with E-state index in [-0.39, 0.29) is 24.4 Å². The molecular formula is C17H19N3O2. The minimum atomic E-state index is -0.336. The van der Waals surface area contributed by atoms with Gasteiger partial charge in [-0.1, -0.05) is 30.3 Å². The van der Waals surface area contributed by atoms with Crippen LogP contribution in [0.3, 0.4) is 0 Å². The Bertz CT molecular complexity index is 714. The Morgan fingerprint density at radius 3 is 2.77 bits per heavy atom. The first-order valence-corrected chi connectivity index (χ1v) is 7.44. The Morgan fingerprint density at radius 1 is 1.23 bits per heavy atom. The molecule has 2 aromatic carbocycles. The lowest BCUT2D eigenvalue weighted by atomic mass is 10.1. The number of nitrogens with one attached hydrogen (secondary N) is 2. The Labute approximate surface area is 129 Å². The van der Waals surface area contributed by atoms with Crippen molar-refractivity contribution in [3.05, 3.63) is 42.5 Å². The van der Waals surface area contributed by atoms with E-state index in [2.05, 4.69) is 10.6 Å². The topological polar surface area (TPSA) is 61.4 Å². The normalized spacial score (nSPS) is 17.0. The van der Waals surface area contributed by atoms with Crippen LogP contribution < -0.4 is 10.6 Å². The highest BCUT2D eigenvalue weighted by Gasteiger charge is 2.25. The maximum Gasteiger partial charge on any atom is 0.241 e. The molecular weight excluding hydrogens is 278 g/mol. The predicted molar refractivity (Wildman–Crippen MR) is 86.6 cm³/mol. The van der Waals surface area contributed by atoms with Gasteiger partial charge in [0.15, 0.2) is 0 Å². The van der Waals surface area contributed by atoms with Gasteiger partial charge in [-0.2, -0.15) is 0 Å². The fraction of sp³-hybridized carbons (Fsp3) is 0.294. The van der Waals surface area contributed by atoms with Gasteiger partial charge in [0.25, 0.3) is 0 Å². The third kappa shape index (κ3) is 3.09. The SMILES string of the molecule is C[C@H](C(=O)Nc1ccc2ccccc2c1)N1CCNC(=O)C1. The van der Waals surface area contributed by atoms with Crippen molar-refractivity contribution in [2.75, 3.05) is 25.0 Å². The van der Waals surface area contributed by atoms with Crippen LogP contribution in [0, 0.1) is 0 Å². The lowest BCUT2D eigenvalue weighted by Gasteiger charge is -2.31. The second-order valence-corrected chi connectivity index (χ2v) is 5.55. The summed E-state index contributed by atoms with van der Waals surface area (Å²) >= 11 is 0. The van der Waals surface area contributed by atoms with Crippen molar-refractivity contribution in [3.8, 4) is 0 Å². The number of fused-ring (bicyclic) bond motifs is 1. The molecule has 3 rings (SSSR count). The number of anilines is 1. The molecule has 5 nitrogen and oxygen atoms in total. The summed E-state index contributed by atoms with van der Waals surface area (Å²) in [6, 6.07) is 13.5. The number of carbonyl (C=O) groups is 2. The second kappa shape index (κ2) is 6.15. The molecule has 0 spiro atoms. The monoisotopic (exact) mass is 297 g/mol. The zero-order valence-electron chi connectivity index (χ0n) is 12.5. The lowest BCUT2D eigenvalue weighted by Crippen LogP contribution is -2.53. The molecule has 1 saturated heterocycles. The minimum absolute atomic E-state index is 0.0309. The summed E-state index contributed by atoms with van der Waals surface area (Å²) in [5.41, 5.74) is 0.775. The standard InChI is InChI=1S/C17H19N3O2/c1-12(20-9-8-18-16(21)11-20)17(22)19-15-7-6-13-4-2-3-5-14(13)10-15/h2-7,10,12H,8-9,11H2,1H3,(H,18,21)(H,19,22)/t12-/m1/s1. The van der Waals surface area contributed by atoms with Gasteiger partial charge in [0.05, 0.1) is 12.6 Å². The predicted octanol–water partition coefficient (Wildman–Crippen LogP) is 1.60. The van der Waals surface area contributed by atoms with Gasteiger partial charge < -0.3 is 10.6 Å². The number of benzene rings is 2. The molecule has 0 bridgehead atoms. The zero-order chi connectivity index (χ0) is 15.5. The first-order valence-electron chi connectivity index (χ1n) is 7.44. The van der Waals surface area contributed by atoms with Gasteiger partial charge >= 0.3 is 0 Å². The van der Waals surface area contributed by atoms with Gasteiger partial charge in [0.2, 0.25) is 11.8 Å². The van der Waals surface area contributed by atoms with E-state index in [0.29, 0.717) is 13.1 Å². The smallest absolute Gasteiger partial charge is 0.241 e.